The number of carbonyl (C=O) groups excluding carboxylic acids is 1. The van der Waals surface area contributed by atoms with Gasteiger partial charge in [0.15, 0.2) is 5.58 Å². The van der Waals surface area contributed by atoms with E-state index >= 15 is 0 Å². The first kappa shape index (κ1) is 15.6. The average Bonchev–Trinajstić information content (AvgIpc) is 3.12. The molecule has 3 heterocycles. The summed E-state index contributed by atoms with van der Waals surface area (Å²) in [6, 6.07) is 9.69. The number of anilines is 1. The van der Waals surface area contributed by atoms with Crippen molar-refractivity contribution in [2.45, 2.75) is 32.9 Å². The van der Waals surface area contributed by atoms with E-state index in [2.05, 4.69) is 9.97 Å². The molecular weight excluding hydrogens is 320 g/mol. The monoisotopic (exact) mass is 338 g/mol. The molecule has 0 fully saturated rings. The summed E-state index contributed by atoms with van der Waals surface area (Å²) in [6.45, 7) is 6.46. The number of oxazole rings is 1. The summed E-state index contributed by atoms with van der Waals surface area (Å²) in [6.07, 6.45) is 0. The van der Waals surface area contributed by atoms with Crippen LogP contribution >= 0.6 is 0 Å². The van der Waals surface area contributed by atoms with Gasteiger partial charge in [0, 0.05) is 17.8 Å². The van der Waals surface area contributed by atoms with Gasteiger partial charge in [-0.15, -0.1) is 0 Å². The predicted octanol–water partition coefficient (Wildman–Crippen LogP) is 2.91. The molecule has 0 bridgehead atoms. The second kappa shape index (κ2) is 5.29. The molecule has 0 atom stereocenters. The number of aryl methyl sites for hydroxylation is 1. The van der Waals surface area contributed by atoms with Crippen molar-refractivity contribution < 1.29 is 14.4 Å². The van der Waals surface area contributed by atoms with E-state index in [9.17, 15) is 4.79 Å². The van der Waals surface area contributed by atoms with Gasteiger partial charge in [0.25, 0.3) is 5.91 Å². The molecule has 1 aromatic carbocycles. The van der Waals surface area contributed by atoms with Crippen LogP contribution in [0.3, 0.4) is 0 Å². The van der Waals surface area contributed by atoms with Crippen LogP contribution in [-0.2, 0) is 12.1 Å². The second-order valence-corrected chi connectivity index (χ2v) is 6.69. The minimum atomic E-state index is -0.524. The number of fused-ring (bicyclic) bond motifs is 2. The zero-order valence-corrected chi connectivity index (χ0v) is 14.2. The minimum absolute atomic E-state index is 0.420. The Kier molecular flexibility index (Phi) is 3.30. The van der Waals surface area contributed by atoms with Crippen molar-refractivity contribution in [2.75, 3.05) is 4.90 Å². The van der Waals surface area contributed by atoms with Gasteiger partial charge < -0.3 is 9.32 Å². The lowest BCUT2D eigenvalue weighted by atomic mass is 9.91. The number of carbonyl (C=O) groups is 1. The number of aromatic nitrogens is 2. The number of hydroxylamine groups is 1. The third kappa shape index (κ3) is 2.27. The molecular formula is C18H18N4O3. The highest BCUT2D eigenvalue weighted by molar-refractivity contribution is 5.95. The second-order valence-electron chi connectivity index (χ2n) is 6.69. The maximum atomic E-state index is 12.0. The number of nitrogens with one attached hydrogen (secondary N) is 1. The van der Waals surface area contributed by atoms with Crippen LogP contribution in [0.5, 0.6) is 0 Å². The van der Waals surface area contributed by atoms with E-state index in [-0.39, 0.29) is 0 Å². The Bertz CT molecular complexity index is 993. The lowest BCUT2D eigenvalue weighted by Crippen LogP contribution is -2.35. The Morgan fingerprint density at radius 3 is 2.84 bits per heavy atom. The van der Waals surface area contributed by atoms with Gasteiger partial charge >= 0.3 is 6.01 Å². The van der Waals surface area contributed by atoms with Gasteiger partial charge in [-0.25, -0.2) is 10.5 Å². The summed E-state index contributed by atoms with van der Waals surface area (Å²) < 4.78 is 5.90. The van der Waals surface area contributed by atoms with E-state index in [1.807, 2.05) is 49.9 Å². The molecule has 128 valence electrons. The fourth-order valence-electron chi connectivity index (χ4n) is 3.43. The molecule has 7 nitrogen and oxygen atoms in total. The lowest BCUT2D eigenvalue weighted by molar-refractivity contribution is 0.0705. The molecule has 0 saturated heterocycles. The highest BCUT2D eigenvalue weighted by Crippen LogP contribution is 2.43. The molecule has 1 amide bonds. The molecule has 0 unspecified atom stereocenters. The van der Waals surface area contributed by atoms with Gasteiger partial charge in [-0.05, 0) is 50.1 Å². The summed E-state index contributed by atoms with van der Waals surface area (Å²) in [5.74, 6) is -0.524. The standard InChI is InChI=1S/C18H18N4O3/c1-10-7-8-14-15(19-10)20-17(25-14)22-9-12-11(16(23)21-24)5-4-6-13(12)18(22,2)3/h4-8,24H,9H2,1-3H3,(H,21,23). The topological polar surface area (TPSA) is 91.5 Å². The Labute approximate surface area is 144 Å². The summed E-state index contributed by atoms with van der Waals surface area (Å²) in [5.41, 5.74) is 5.66. The van der Waals surface area contributed by atoms with Crippen molar-refractivity contribution in [2.24, 2.45) is 0 Å². The summed E-state index contributed by atoms with van der Waals surface area (Å²) in [7, 11) is 0. The molecule has 1 aliphatic heterocycles. The number of nitrogens with zero attached hydrogens (tertiary/aromatic N) is 3. The van der Waals surface area contributed by atoms with Gasteiger partial charge in [-0.1, -0.05) is 12.1 Å². The maximum absolute atomic E-state index is 12.0. The van der Waals surface area contributed by atoms with Crippen molar-refractivity contribution in [3.63, 3.8) is 0 Å². The fourth-order valence-corrected chi connectivity index (χ4v) is 3.43. The smallest absolute Gasteiger partial charge is 0.300 e. The van der Waals surface area contributed by atoms with Crippen molar-refractivity contribution in [3.05, 3.63) is 52.7 Å². The molecule has 0 saturated carbocycles. The van der Waals surface area contributed by atoms with Crippen LogP contribution in [0.15, 0.2) is 34.7 Å². The molecule has 0 radical (unpaired) electrons. The van der Waals surface area contributed by atoms with Crippen LogP contribution in [0, 0.1) is 6.92 Å². The zero-order chi connectivity index (χ0) is 17.8. The molecule has 25 heavy (non-hydrogen) atoms. The first-order valence-electron chi connectivity index (χ1n) is 8.00. The first-order chi connectivity index (χ1) is 11.9. The van der Waals surface area contributed by atoms with Crippen LogP contribution in [0.2, 0.25) is 0 Å². The Hall–Kier alpha value is -2.93. The van der Waals surface area contributed by atoms with E-state index in [0.717, 1.165) is 16.8 Å². The largest absolute Gasteiger partial charge is 0.422 e. The van der Waals surface area contributed by atoms with Crippen LogP contribution in [0.1, 0.15) is 41.0 Å². The number of benzene rings is 1. The number of pyridine rings is 1. The SMILES string of the molecule is Cc1ccc2oc(N3Cc4c(C(=O)NO)cccc4C3(C)C)nc2n1. The number of hydrogen-bond acceptors (Lipinski definition) is 6. The van der Waals surface area contributed by atoms with Crippen LogP contribution < -0.4 is 10.4 Å². The lowest BCUT2D eigenvalue weighted by Gasteiger charge is -2.30. The summed E-state index contributed by atoms with van der Waals surface area (Å²) in [5, 5.41) is 9.00. The van der Waals surface area contributed by atoms with Gasteiger partial charge in [0.2, 0.25) is 5.65 Å². The summed E-state index contributed by atoms with van der Waals surface area (Å²) >= 11 is 0. The van der Waals surface area contributed by atoms with Gasteiger partial charge in [-0.2, -0.15) is 4.98 Å². The Morgan fingerprint density at radius 2 is 2.08 bits per heavy atom. The van der Waals surface area contributed by atoms with Gasteiger partial charge in [0.1, 0.15) is 0 Å². The fraction of sp³-hybridized carbons (Fsp3) is 0.278. The third-order valence-electron chi connectivity index (χ3n) is 4.78. The quantitative estimate of drug-likeness (QED) is 0.551. The van der Waals surface area contributed by atoms with E-state index in [0.29, 0.717) is 29.4 Å². The molecule has 0 spiro atoms. The summed E-state index contributed by atoms with van der Waals surface area (Å²) in [4.78, 5) is 22.9. The van der Waals surface area contributed by atoms with Crippen LogP contribution in [0.4, 0.5) is 6.01 Å². The maximum Gasteiger partial charge on any atom is 0.300 e. The molecule has 4 rings (SSSR count). The van der Waals surface area contributed by atoms with Crippen molar-refractivity contribution >= 4 is 23.2 Å². The molecule has 2 N–H and O–H groups in total. The Morgan fingerprint density at radius 1 is 1.28 bits per heavy atom. The van der Waals surface area contributed by atoms with Crippen molar-refractivity contribution in [1.82, 2.24) is 15.4 Å². The van der Waals surface area contributed by atoms with Gasteiger partial charge in [-0.3, -0.25) is 10.0 Å². The number of rotatable bonds is 2. The molecule has 0 aliphatic carbocycles. The zero-order valence-electron chi connectivity index (χ0n) is 14.2. The number of amides is 1. The predicted molar refractivity (Wildman–Crippen MR) is 91.4 cm³/mol. The van der Waals surface area contributed by atoms with E-state index in [4.69, 9.17) is 9.62 Å². The molecule has 1 aliphatic rings. The van der Waals surface area contributed by atoms with Gasteiger partial charge in [0.05, 0.1) is 5.54 Å². The normalized spacial score (nSPS) is 15.4. The molecule has 3 aromatic rings. The van der Waals surface area contributed by atoms with Crippen LogP contribution in [0.25, 0.3) is 11.2 Å². The molecule has 2 aromatic heterocycles. The minimum Gasteiger partial charge on any atom is -0.422 e. The van der Waals surface area contributed by atoms with E-state index in [1.165, 1.54) is 0 Å². The molecule has 7 heteroatoms. The van der Waals surface area contributed by atoms with E-state index in [1.54, 1.807) is 11.5 Å². The Balaban J connectivity index is 1.82. The highest BCUT2D eigenvalue weighted by atomic mass is 16.5. The highest BCUT2D eigenvalue weighted by Gasteiger charge is 2.41. The number of hydrogen-bond donors (Lipinski definition) is 2. The third-order valence-corrected chi connectivity index (χ3v) is 4.78. The van der Waals surface area contributed by atoms with Crippen LogP contribution in [-0.4, -0.2) is 21.1 Å². The average molecular weight is 338 g/mol. The van der Waals surface area contributed by atoms with Crippen molar-refractivity contribution in [1.29, 1.82) is 0 Å². The van der Waals surface area contributed by atoms with E-state index < -0.39 is 11.4 Å². The van der Waals surface area contributed by atoms with Crippen molar-refractivity contribution in [3.8, 4) is 0 Å². The first-order valence-corrected chi connectivity index (χ1v) is 8.00.